The van der Waals surface area contributed by atoms with E-state index in [-0.39, 0.29) is 45.0 Å². The van der Waals surface area contributed by atoms with Crippen molar-refractivity contribution in [1.29, 1.82) is 0 Å². The monoisotopic (exact) mass is 1100 g/mol. The van der Waals surface area contributed by atoms with Gasteiger partial charge in [0.25, 0.3) is 0 Å². The first-order valence-corrected chi connectivity index (χ1v) is 27.9. The summed E-state index contributed by atoms with van der Waals surface area (Å²) >= 11 is 0. The minimum atomic E-state index is -1.91. The highest BCUT2D eigenvalue weighted by atomic mass is 16.8. The van der Waals surface area contributed by atoms with Crippen LogP contribution < -0.4 is 0 Å². The number of esters is 2. The molecule has 0 bridgehead atoms. The minimum absolute atomic E-state index is 0.0869. The molecule has 27 unspecified atom stereocenters. The summed E-state index contributed by atoms with van der Waals surface area (Å²) in [6.45, 7) is 16.5. The van der Waals surface area contributed by atoms with Gasteiger partial charge in [0.2, 0.25) is 6.29 Å². The van der Waals surface area contributed by atoms with Crippen LogP contribution in [0.1, 0.15) is 126 Å². The molecule has 8 fully saturated rings. The molecule has 0 aromatic carbocycles. The number of fused-ring (bicyclic) bond motifs is 7. The SMILES string of the molecule is COC(=O)CC1OC(OCC2OC(OC(=O)C34CCC(C)(C)CC3C3=CCC5C6(C)CCC(OC7OC(CO)C(O)C7O)C(C)(C)C6CCC5(C)C3(C)CC4)C(O)C(O)C2O)C(O)C(O)C1OC1OC(C)C(O)C(O)C1O. The van der Waals surface area contributed by atoms with Gasteiger partial charge < -0.3 is 98.8 Å². The van der Waals surface area contributed by atoms with Crippen molar-refractivity contribution in [2.45, 2.75) is 249 Å². The molecule has 4 aliphatic heterocycles. The maximum absolute atomic E-state index is 15.2. The summed E-state index contributed by atoms with van der Waals surface area (Å²) in [7, 11) is 1.11. The fourth-order valence-corrected chi connectivity index (χ4v) is 16.4. The smallest absolute Gasteiger partial charge is 0.315 e. The van der Waals surface area contributed by atoms with Crippen LogP contribution in [-0.2, 0) is 52.2 Å². The summed E-state index contributed by atoms with van der Waals surface area (Å²) < 4.78 is 52.4. The Morgan fingerprint density at radius 1 is 0.623 bits per heavy atom. The Labute approximate surface area is 450 Å². The van der Waals surface area contributed by atoms with Gasteiger partial charge in [-0.3, -0.25) is 9.59 Å². The van der Waals surface area contributed by atoms with Gasteiger partial charge in [-0.25, -0.2) is 0 Å². The fraction of sp³-hybridized carbons (Fsp3) is 0.927. The molecule has 440 valence electrons. The Morgan fingerprint density at radius 3 is 1.90 bits per heavy atom. The van der Waals surface area contributed by atoms with Gasteiger partial charge in [-0.05, 0) is 116 Å². The Hall–Kier alpha value is -2.04. The van der Waals surface area contributed by atoms with Gasteiger partial charge in [0, 0.05) is 0 Å². The number of rotatable bonds is 12. The number of methoxy groups -OCH3 is 1. The summed E-state index contributed by atoms with van der Waals surface area (Å²) in [5, 5.41) is 119. The van der Waals surface area contributed by atoms with E-state index in [0.717, 1.165) is 45.6 Å². The molecule has 11 N–H and O–H groups in total. The lowest BCUT2D eigenvalue weighted by atomic mass is 9.33. The maximum atomic E-state index is 15.2. The summed E-state index contributed by atoms with van der Waals surface area (Å²) in [6, 6.07) is 0. The molecule has 9 rings (SSSR count). The van der Waals surface area contributed by atoms with Gasteiger partial charge in [0.15, 0.2) is 18.9 Å². The van der Waals surface area contributed by atoms with Crippen LogP contribution in [-0.4, -0.2) is 211 Å². The molecular formula is C55H88O22. The summed E-state index contributed by atoms with van der Waals surface area (Å²) in [5.74, 6) is -1.07. The molecule has 0 spiro atoms. The van der Waals surface area contributed by atoms with E-state index in [0.29, 0.717) is 31.6 Å². The van der Waals surface area contributed by atoms with Crippen molar-refractivity contribution in [1.82, 2.24) is 0 Å². The molecule has 4 saturated carbocycles. The second kappa shape index (κ2) is 21.6. The van der Waals surface area contributed by atoms with E-state index in [1.807, 2.05) is 0 Å². The molecule has 22 nitrogen and oxygen atoms in total. The van der Waals surface area contributed by atoms with Gasteiger partial charge in [0.05, 0.1) is 44.4 Å². The Balaban J connectivity index is 0.900. The van der Waals surface area contributed by atoms with E-state index < -0.39 is 154 Å². The van der Waals surface area contributed by atoms with Crippen molar-refractivity contribution in [2.24, 2.45) is 50.2 Å². The number of ether oxygens (including phenoxy) is 9. The van der Waals surface area contributed by atoms with Gasteiger partial charge in [-0.1, -0.05) is 60.1 Å². The number of hydrogen-bond acceptors (Lipinski definition) is 22. The summed E-state index contributed by atoms with van der Waals surface area (Å²) in [4.78, 5) is 27.7. The zero-order chi connectivity index (χ0) is 56.3. The minimum Gasteiger partial charge on any atom is -0.469 e. The summed E-state index contributed by atoms with van der Waals surface area (Å²) in [5.41, 5.74) is -0.728. The zero-order valence-corrected chi connectivity index (χ0v) is 46.0. The first kappa shape index (κ1) is 59.6. The van der Waals surface area contributed by atoms with Gasteiger partial charge in [-0.2, -0.15) is 0 Å². The van der Waals surface area contributed by atoms with Crippen LogP contribution in [0, 0.1) is 50.2 Å². The zero-order valence-electron chi connectivity index (χ0n) is 46.0. The normalized spacial score (nSPS) is 52.2. The Kier molecular flexibility index (Phi) is 16.7. The molecular weight excluding hydrogens is 1010 g/mol. The van der Waals surface area contributed by atoms with Crippen molar-refractivity contribution < 1.29 is 108 Å². The van der Waals surface area contributed by atoms with Crippen molar-refractivity contribution in [2.75, 3.05) is 20.3 Å². The van der Waals surface area contributed by atoms with Crippen LogP contribution in [0.3, 0.4) is 0 Å². The number of carbonyl (C=O) groups excluding carboxylic acids is 2. The Morgan fingerprint density at radius 2 is 1.22 bits per heavy atom. The van der Waals surface area contributed by atoms with Crippen molar-refractivity contribution in [3.8, 4) is 0 Å². The number of allylic oxidation sites excluding steroid dienone is 2. The third kappa shape index (κ3) is 9.97. The molecule has 0 aromatic heterocycles. The number of aliphatic hydroxyl groups excluding tert-OH is 11. The maximum Gasteiger partial charge on any atom is 0.315 e. The van der Waals surface area contributed by atoms with E-state index in [9.17, 15) is 61.0 Å². The van der Waals surface area contributed by atoms with E-state index in [2.05, 4.69) is 54.5 Å². The molecule has 22 heteroatoms. The second-order valence-corrected chi connectivity index (χ2v) is 26.4. The van der Waals surface area contributed by atoms with Crippen LogP contribution in [0.4, 0.5) is 0 Å². The summed E-state index contributed by atoms with van der Waals surface area (Å²) in [6.07, 6.45) is -20.4. The molecule has 27 atom stereocenters. The lowest BCUT2D eigenvalue weighted by Gasteiger charge is -2.71. The highest BCUT2D eigenvalue weighted by Crippen LogP contribution is 2.76. The van der Waals surface area contributed by atoms with E-state index in [1.54, 1.807) is 0 Å². The largest absolute Gasteiger partial charge is 0.469 e. The lowest BCUT2D eigenvalue weighted by Crippen LogP contribution is -2.66. The molecule has 77 heavy (non-hydrogen) atoms. The average Bonchev–Trinajstić information content (AvgIpc) is 3.65. The lowest BCUT2D eigenvalue weighted by molar-refractivity contribution is -0.359. The molecule has 5 aliphatic carbocycles. The topological polar surface area (TPSA) is 340 Å². The molecule has 4 saturated heterocycles. The highest BCUT2D eigenvalue weighted by molar-refractivity contribution is 5.79. The average molecular weight is 1100 g/mol. The third-order valence-electron chi connectivity index (χ3n) is 21.4. The first-order valence-electron chi connectivity index (χ1n) is 27.9. The van der Waals surface area contributed by atoms with E-state index >= 15 is 4.79 Å². The van der Waals surface area contributed by atoms with E-state index in [4.69, 9.17) is 42.6 Å². The first-order chi connectivity index (χ1) is 36.0. The van der Waals surface area contributed by atoms with Crippen molar-refractivity contribution in [3.63, 3.8) is 0 Å². The predicted octanol–water partition coefficient (Wildman–Crippen LogP) is 0.202. The van der Waals surface area contributed by atoms with Gasteiger partial charge in [-0.15, -0.1) is 0 Å². The highest BCUT2D eigenvalue weighted by Gasteiger charge is 2.70. The van der Waals surface area contributed by atoms with Crippen LogP contribution in [0.2, 0.25) is 0 Å². The van der Waals surface area contributed by atoms with Crippen molar-refractivity contribution >= 4 is 11.9 Å². The Bertz CT molecular complexity index is 2160. The van der Waals surface area contributed by atoms with Crippen molar-refractivity contribution in [3.05, 3.63) is 11.6 Å². The predicted molar refractivity (Wildman–Crippen MR) is 265 cm³/mol. The standard InChI is InChI=1S/C55H88O22/c1-24-34(58)37(61)41(65)46(71-24)76-44-27(20-33(57)69-9)72-45(43(67)39(44)63)70-23-29-36(60)38(62)42(66)48(74-29)77-49(68)55-18-16-50(2,3)21-26(55)25-10-11-31-52(6)14-13-32(75-47-40(64)35(59)28(22-56)73-47)51(4,5)30(52)12-15-54(31,8)53(25,7)17-19-55/h10,24,26-32,34-48,56,58-67H,11-23H2,1-9H3. The number of carbonyl (C=O) groups is 2. The number of hydrogen-bond donors (Lipinski definition) is 11. The second-order valence-electron chi connectivity index (χ2n) is 26.4. The van der Waals surface area contributed by atoms with Crippen LogP contribution in [0.15, 0.2) is 11.6 Å². The van der Waals surface area contributed by atoms with Gasteiger partial charge in [0.1, 0.15) is 85.5 Å². The molecule has 9 aliphatic rings. The van der Waals surface area contributed by atoms with E-state index in [1.165, 1.54) is 12.5 Å². The third-order valence-corrected chi connectivity index (χ3v) is 21.4. The van der Waals surface area contributed by atoms with Crippen LogP contribution in [0.5, 0.6) is 0 Å². The molecule has 4 heterocycles. The van der Waals surface area contributed by atoms with Crippen LogP contribution in [0.25, 0.3) is 0 Å². The fourth-order valence-electron chi connectivity index (χ4n) is 16.4. The van der Waals surface area contributed by atoms with Crippen LogP contribution >= 0.6 is 0 Å². The molecule has 0 radical (unpaired) electrons. The number of aliphatic hydroxyl groups is 11. The molecule has 0 aromatic rings. The quantitative estimate of drug-likeness (QED) is 0.0919. The van der Waals surface area contributed by atoms with Gasteiger partial charge >= 0.3 is 11.9 Å². The molecule has 0 amide bonds.